The second-order valence-electron chi connectivity index (χ2n) is 5.32. The van der Waals surface area contributed by atoms with E-state index in [1.807, 2.05) is 18.2 Å². The van der Waals surface area contributed by atoms with Gasteiger partial charge < -0.3 is 20.1 Å². The van der Waals surface area contributed by atoms with E-state index in [0.717, 1.165) is 30.0 Å². The Labute approximate surface area is 118 Å². The van der Waals surface area contributed by atoms with Crippen molar-refractivity contribution in [2.75, 3.05) is 13.3 Å². The summed E-state index contributed by atoms with van der Waals surface area (Å²) in [6, 6.07) is 6.08. The van der Waals surface area contributed by atoms with Crippen LogP contribution in [0.2, 0.25) is 0 Å². The average molecular weight is 276 g/mol. The zero-order valence-corrected chi connectivity index (χ0v) is 11.5. The fourth-order valence-corrected chi connectivity index (χ4v) is 2.65. The van der Waals surface area contributed by atoms with E-state index in [1.54, 1.807) is 0 Å². The molecule has 2 aliphatic rings. The standard InChI is InChI=1S/C15H20N2O3/c18-15(8-12-3-1-2-6-16-12)17-9-11-4-5-13-14(7-11)20-10-19-13/h4-5,7,12,16H,1-3,6,8-10H2,(H,17,18). The van der Waals surface area contributed by atoms with Crippen LogP contribution >= 0.6 is 0 Å². The van der Waals surface area contributed by atoms with Gasteiger partial charge in [-0.25, -0.2) is 0 Å². The van der Waals surface area contributed by atoms with Crippen LogP contribution in [0.15, 0.2) is 18.2 Å². The van der Waals surface area contributed by atoms with Gasteiger partial charge in [-0.05, 0) is 37.1 Å². The van der Waals surface area contributed by atoms with Gasteiger partial charge in [-0.15, -0.1) is 0 Å². The minimum Gasteiger partial charge on any atom is -0.454 e. The zero-order chi connectivity index (χ0) is 13.8. The van der Waals surface area contributed by atoms with Crippen LogP contribution in [0, 0.1) is 0 Å². The molecule has 2 N–H and O–H groups in total. The first-order chi connectivity index (χ1) is 9.81. The summed E-state index contributed by atoms with van der Waals surface area (Å²) in [4.78, 5) is 11.9. The lowest BCUT2D eigenvalue weighted by molar-refractivity contribution is -0.121. The predicted molar refractivity (Wildman–Crippen MR) is 74.7 cm³/mol. The van der Waals surface area contributed by atoms with Crippen molar-refractivity contribution in [1.29, 1.82) is 0 Å². The van der Waals surface area contributed by atoms with E-state index in [1.165, 1.54) is 12.8 Å². The fourth-order valence-electron chi connectivity index (χ4n) is 2.65. The highest BCUT2D eigenvalue weighted by atomic mass is 16.7. The Hall–Kier alpha value is -1.75. The number of benzene rings is 1. The van der Waals surface area contributed by atoms with Gasteiger partial charge in [-0.1, -0.05) is 12.5 Å². The smallest absolute Gasteiger partial charge is 0.231 e. The summed E-state index contributed by atoms with van der Waals surface area (Å²) < 4.78 is 10.6. The SMILES string of the molecule is O=C(CC1CCCCN1)NCc1ccc2c(c1)OCO2. The Kier molecular flexibility index (Phi) is 4.06. The van der Waals surface area contributed by atoms with Crippen molar-refractivity contribution in [3.63, 3.8) is 0 Å². The first kappa shape index (κ1) is 13.2. The second kappa shape index (κ2) is 6.13. The third-order valence-corrected chi connectivity index (χ3v) is 3.77. The van der Waals surface area contributed by atoms with Crippen molar-refractivity contribution in [1.82, 2.24) is 10.6 Å². The van der Waals surface area contributed by atoms with E-state index in [2.05, 4.69) is 10.6 Å². The minimum atomic E-state index is 0.0991. The molecule has 108 valence electrons. The molecule has 1 saturated heterocycles. The number of rotatable bonds is 4. The van der Waals surface area contributed by atoms with E-state index < -0.39 is 0 Å². The van der Waals surface area contributed by atoms with Gasteiger partial charge >= 0.3 is 0 Å². The average Bonchev–Trinajstić information content (AvgIpc) is 2.93. The zero-order valence-electron chi connectivity index (χ0n) is 11.5. The molecule has 0 aromatic heterocycles. The van der Waals surface area contributed by atoms with Crippen LogP contribution in [-0.4, -0.2) is 25.3 Å². The summed E-state index contributed by atoms with van der Waals surface area (Å²) >= 11 is 0. The van der Waals surface area contributed by atoms with Gasteiger partial charge in [0.2, 0.25) is 12.7 Å². The Morgan fingerprint density at radius 1 is 1.30 bits per heavy atom. The van der Waals surface area contributed by atoms with Crippen molar-refractivity contribution in [2.24, 2.45) is 0 Å². The molecular weight excluding hydrogens is 256 g/mol. The summed E-state index contributed by atoms with van der Waals surface area (Å²) in [7, 11) is 0. The third kappa shape index (κ3) is 3.22. The molecule has 2 aliphatic heterocycles. The van der Waals surface area contributed by atoms with Crippen molar-refractivity contribution in [3.05, 3.63) is 23.8 Å². The number of carbonyl (C=O) groups is 1. The Balaban J connectivity index is 1.47. The number of amides is 1. The maximum atomic E-state index is 11.9. The quantitative estimate of drug-likeness (QED) is 0.876. The maximum absolute atomic E-state index is 11.9. The van der Waals surface area contributed by atoms with Crippen LogP contribution in [0.5, 0.6) is 11.5 Å². The van der Waals surface area contributed by atoms with Crippen molar-refractivity contribution in [2.45, 2.75) is 38.3 Å². The Morgan fingerprint density at radius 3 is 3.05 bits per heavy atom. The van der Waals surface area contributed by atoms with Crippen molar-refractivity contribution in [3.8, 4) is 11.5 Å². The second-order valence-corrected chi connectivity index (χ2v) is 5.32. The molecule has 0 bridgehead atoms. The largest absolute Gasteiger partial charge is 0.454 e. The Morgan fingerprint density at radius 2 is 2.20 bits per heavy atom. The van der Waals surface area contributed by atoms with Gasteiger partial charge in [0.1, 0.15) is 0 Å². The number of fused-ring (bicyclic) bond motifs is 1. The molecule has 20 heavy (non-hydrogen) atoms. The van der Waals surface area contributed by atoms with Gasteiger partial charge in [0.15, 0.2) is 11.5 Å². The number of carbonyl (C=O) groups excluding carboxylic acids is 1. The molecule has 1 aromatic carbocycles. The van der Waals surface area contributed by atoms with Gasteiger partial charge in [-0.2, -0.15) is 0 Å². The van der Waals surface area contributed by atoms with Crippen molar-refractivity contribution < 1.29 is 14.3 Å². The van der Waals surface area contributed by atoms with E-state index in [-0.39, 0.29) is 12.7 Å². The van der Waals surface area contributed by atoms with Crippen molar-refractivity contribution >= 4 is 5.91 Å². The topological polar surface area (TPSA) is 59.6 Å². The maximum Gasteiger partial charge on any atom is 0.231 e. The molecule has 1 fully saturated rings. The molecule has 0 aliphatic carbocycles. The van der Waals surface area contributed by atoms with Gasteiger partial charge in [0.05, 0.1) is 0 Å². The Bertz CT molecular complexity index is 484. The van der Waals surface area contributed by atoms with Crippen LogP contribution in [0.3, 0.4) is 0 Å². The highest BCUT2D eigenvalue weighted by molar-refractivity contribution is 5.76. The number of piperidine rings is 1. The van der Waals surface area contributed by atoms with Crippen LogP contribution < -0.4 is 20.1 Å². The van der Waals surface area contributed by atoms with E-state index in [4.69, 9.17) is 9.47 Å². The first-order valence-electron chi connectivity index (χ1n) is 7.20. The van der Waals surface area contributed by atoms with E-state index in [0.29, 0.717) is 19.0 Å². The normalized spacial score (nSPS) is 20.7. The van der Waals surface area contributed by atoms with Gasteiger partial charge in [-0.3, -0.25) is 4.79 Å². The molecule has 1 aromatic rings. The van der Waals surface area contributed by atoms with Crippen LogP contribution in [-0.2, 0) is 11.3 Å². The van der Waals surface area contributed by atoms with E-state index >= 15 is 0 Å². The van der Waals surface area contributed by atoms with Gasteiger partial charge in [0, 0.05) is 19.0 Å². The van der Waals surface area contributed by atoms with Gasteiger partial charge in [0.25, 0.3) is 0 Å². The lowest BCUT2D eigenvalue weighted by Gasteiger charge is -2.22. The summed E-state index contributed by atoms with van der Waals surface area (Å²) in [5.74, 6) is 1.62. The molecule has 0 spiro atoms. The molecular formula is C15H20N2O3. The summed E-state index contributed by atoms with van der Waals surface area (Å²) in [5, 5.41) is 6.35. The van der Waals surface area contributed by atoms with E-state index in [9.17, 15) is 4.79 Å². The van der Waals surface area contributed by atoms with Crippen LogP contribution in [0.4, 0.5) is 0 Å². The summed E-state index contributed by atoms with van der Waals surface area (Å²) in [5.41, 5.74) is 1.03. The molecule has 1 unspecified atom stereocenters. The molecule has 1 amide bonds. The minimum absolute atomic E-state index is 0.0991. The lowest BCUT2D eigenvalue weighted by atomic mass is 10.0. The highest BCUT2D eigenvalue weighted by Gasteiger charge is 2.17. The molecule has 0 radical (unpaired) electrons. The predicted octanol–water partition coefficient (Wildman–Crippen LogP) is 1.56. The fraction of sp³-hybridized carbons (Fsp3) is 0.533. The third-order valence-electron chi connectivity index (χ3n) is 3.77. The molecule has 5 nitrogen and oxygen atoms in total. The number of ether oxygens (including phenoxy) is 2. The monoisotopic (exact) mass is 276 g/mol. The molecule has 2 heterocycles. The molecule has 3 rings (SSSR count). The van der Waals surface area contributed by atoms with Crippen LogP contribution in [0.1, 0.15) is 31.2 Å². The number of hydrogen-bond donors (Lipinski definition) is 2. The highest BCUT2D eigenvalue weighted by Crippen LogP contribution is 2.32. The molecule has 1 atom stereocenters. The summed E-state index contributed by atoms with van der Waals surface area (Å²) in [6.45, 7) is 1.83. The van der Waals surface area contributed by atoms with Crippen LogP contribution in [0.25, 0.3) is 0 Å². The molecule has 0 saturated carbocycles. The first-order valence-corrected chi connectivity index (χ1v) is 7.20. The summed E-state index contributed by atoms with van der Waals surface area (Å²) in [6.07, 6.45) is 4.09. The number of nitrogens with one attached hydrogen (secondary N) is 2. The number of hydrogen-bond acceptors (Lipinski definition) is 4. The lowest BCUT2D eigenvalue weighted by Crippen LogP contribution is -2.38. The molecule has 5 heteroatoms.